The molecule has 154 valence electrons. The quantitative estimate of drug-likeness (QED) is 0.288. The summed E-state index contributed by atoms with van der Waals surface area (Å²) in [6.07, 6.45) is 0. The fourth-order valence-electron chi connectivity index (χ4n) is 3.39. The lowest BCUT2D eigenvalue weighted by atomic mass is 10.1. The van der Waals surface area contributed by atoms with E-state index >= 15 is 0 Å². The lowest BCUT2D eigenvalue weighted by Crippen LogP contribution is -2.07. The van der Waals surface area contributed by atoms with Crippen LogP contribution in [0, 0.1) is 0 Å². The summed E-state index contributed by atoms with van der Waals surface area (Å²) < 4.78 is 0. The Kier molecular flexibility index (Phi) is 6.02. The van der Waals surface area contributed by atoms with Gasteiger partial charge in [0.05, 0.1) is 7.27 Å². The molecule has 1 aromatic heterocycles. The Hall–Kier alpha value is -3.39. The second-order valence-electron chi connectivity index (χ2n) is 7.20. The first kappa shape index (κ1) is 20.5. The van der Waals surface area contributed by atoms with Crippen molar-refractivity contribution in [3.05, 3.63) is 115 Å². The first-order chi connectivity index (χ1) is 15.8. The molecule has 0 aliphatic carbocycles. The minimum atomic E-state index is -0.918. The predicted molar refractivity (Wildman–Crippen MR) is 135 cm³/mol. The molecule has 32 heavy (non-hydrogen) atoms. The van der Waals surface area contributed by atoms with Gasteiger partial charge in [0.25, 0.3) is 0 Å². The van der Waals surface area contributed by atoms with Crippen molar-refractivity contribution in [3.63, 3.8) is 0 Å². The van der Waals surface area contributed by atoms with Crippen molar-refractivity contribution < 1.29 is 0 Å². The fourth-order valence-corrected chi connectivity index (χ4v) is 5.21. The van der Waals surface area contributed by atoms with Crippen LogP contribution < -0.4 is 10.6 Å². The van der Waals surface area contributed by atoms with E-state index in [9.17, 15) is 0 Å². The van der Waals surface area contributed by atoms with Gasteiger partial charge in [-0.1, -0.05) is 127 Å². The van der Waals surface area contributed by atoms with E-state index in [1.165, 1.54) is 0 Å². The topological polar surface area (TPSA) is 38.7 Å². The van der Waals surface area contributed by atoms with Gasteiger partial charge in [-0.3, -0.25) is 0 Å². The Morgan fingerprint density at radius 2 is 0.750 bits per heavy atom. The molecule has 3 nitrogen and oxygen atoms in total. The van der Waals surface area contributed by atoms with Crippen LogP contribution in [0.3, 0.4) is 0 Å². The summed E-state index contributed by atoms with van der Waals surface area (Å²) in [6, 6.07) is 38.3. The van der Waals surface area contributed by atoms with Crippen molar-refractivity contribution in [2.75, 3.05) is 0 Å². The monoisotopic (exact) mass is 451 g/mol. The van der Waals surface area contributed by atoms with E-state index < -0.39 is 7.27 Å². The van der Waals surface area contributed by atoms with Crippen molar-refractivity contribution in [1.82, 2.24) is 15.0 Å². The van der Waals surface area contributed by atoms with Crippen molar-refractivity contribution >= 4 is 29.1 Å². The number of aromatic nitrogens is 3. The standard InChI is InChI=1S/C27H19ClN3P/c28-32(23-14-8-3-9-15-23)24-18-16-22(17-19-24)27-30-25(20-10-4-1-5-11-20)29-26(31-27)21-12-6-2-7-13-21/h1-19H. The van der Waals surface area contributed by atoms with E-state index in [0.29, 0.717) is 17.5 Å². The first-order valence-corrected chi connectivity index (χ1v) is 12.5. The van der Waals surface area contributed by atoms with Gasteiger partial charge in [-0.2, -0.15) is 0 Å². The Labute approximate surface area is 193 Å². The maximum Gasteiger partial charge on any atom is 0.164 e. The lowest BCUT2D eigenvalue weighted by Gasteiger charge is -2.11. The van der Waals surface area contributed by atoms with Gasteiger partial charge >= 0.3 is 0 Å². The highest BCUT2D eigenvalue weighted by atomic mass is 35.7. The zero-order valence-corrected chi connectivity index (χ0v) is 18.8. The molecule has 0 saturated heterocycles. The molecule has 0 aliphatic heterocycles. The molecule has 0 saturated carbocycles. The SMILES string of the molecule is ClP(c1ccccc1)c1ccc(-c2nc(-c3ccccc3)nc(-c3ccccc3)n2)cc1. The van der Waals surface area contributed by atoms with E-state index in [0.717, 1.165) is 27.3 Å². The van der Waals surface area contributed by atoms with E-state index in [1.54, 1.807) is 0 Å². The summed E-state index contributed by atoms with van der Waals surface area (Å²) >= 11 is 6.76. The van der Waals surface area contributed by atoms with Crippen LogP contribution in [0.1, 0.15) is 0 Å². The molecular weight excluding hydrogens is 433 g/mol. The highest BCUT2D eigenvalue weighted by Crippen LogP contribution is 2.39. The molecule has 0 N–H and O–H groups in total. The van der Waals surface area contributed by atoms with Gasteiger partial charge < -0.3 is 0 Å². The number of nitrogens with zero attached hydrogens (tertiary/aromatic N) is 3. The van der Waals surface area contributed by atoms with E-state index in [4.69, 9.17) is 26.2 Å². The molecule has 5 rings (SSSR count). The molecule has 5 heteroatoms. The second-order valence-corrected chi connectivity index (χ2v) is 9.81. The van der Waals surface area contributed by atoms with Gasteiger partial charge in [-0.05, 0) is 10.6 Å². The van der Waals surface area contributed by atoms with Gasteiger partial charge in [0.1, 0.15) is 0 Å². The number of halogens is 1. The average Bonchev–Trinajstić information content (AvgIpc) is 2.89. The lowest BCUT2D eigenvalue weighted by molar-refractivity contribution is 1.07. The van der Waals surface area contributed by atoms with Crippen LogP contribution in [0.25, 0.3) is 34.2 Å². The highest BCUT2D eigenvalue weighted by molar-refractivity contribution is 7.95. The molecule has 0 bridgehead atoms. The third kappa shape index (κ3) is 4.45. The van der Waals surface area contributed by atoms with Gasteiger partial charge in [0.15, 0.2) is 17.5 Å². The van der Waals surface area contributed by atoms with Crippen molar-refractivity contribution in [2.24, 2.45) is 0 Å². The maximum absolute atomic E-state index is 6.76. The van der Waals surface area contributed by atoms with Crippen LogP contribution in [-0.4, -0.2) is 15.0 Å². The number of rotatable bonds is 5. The zero-order chi connectivity index (χ0) is 21.8. The van der Waals surface area contributed by atoms with Gasteiger partial charge in [0, 0.05) is 16.7 Å². The number of benzene rings is 4. The largest absolute Gasteiger partial charge is 0.208 e. The van der Waals surface area contributed by atoms with Crippen LogP contribution in [0.4, 0.5) is 0 Å². The molecule has 4 aromatic carbocycles. The minimum absolute atomic E-state index is 0.642. The Bertz CT molecular complexity index is 1250. The summed E-state index contributed by atoms with van der Waals surface area (Å²) in [4.78, 5) is 14.3. The normalized spacial score (nSPS) is 11.8. The van der Waals surface area contributed by atoms with Crippen LogP contribution in [0.5, 0.6) is 0 Å². The van der Waals surface area contributed by atoms with Crippen molar-refractivity contribution in [3.8, 4) is 34.2 Å². The third-order valence-corrected chi connectivity index (χ3v) is 7.71. The Morgan fingerprint density at radius 1 is 0.406 bits per heavy atom. The molecule has 0 radical (unpaired) electrons. The summed E-state index contributed by atoms with van der Waals surface area (Å²) in [6.45, 7) is 0. The van der Waals surface area contributed by atoms with Crippen molar-refractivity contribution in [1.29, 1.82) is 0 Å². The molecule has 0 amide bonds. The number of hydrogen-bond donors (Lipinski definition) is 0. The zero-order valence-electron chi connectivity index (χ0n) is 17.1. The summed E-state index contributed by atoms with van der Waals surface area (Å²) in [5.74, 6) is 1.95. The number of hydrogen-bond acceptors (Lipinski definition) is 3. The molecule has 0 fully saturated rings. The van der Waals surface area contributed by atoms with Crippen LogP contribution in [0.2, 0.25) is 0 Å². The van der Waals surface area contributed by atoms with Crippen molar-refractivity contribution in [2.45, 2.75) is 0 Å². The van der Waals surface area contributed by atoms with Crippen LogP contribution in [-0.2, 0) is 0 Å². The Balaban J connectivity index is 1.55. The van der Waals surface area contributed by atoms with Crippen LogP contribution in [0.15, 0.2) is 115 Å². The second kappa shape index (κ2) is 9.40. The summed E-state index contributed by atoms with van der Waals surface area (Å²) in [5.41, 5.74) is 2.84. The smallest absolute Gasteiger partial charge is 0.164 e. The highest BCUT2D eigenvalue weighted by Gasteiger charge is 2.14. The molecule has 1 atom stereocenters. The van der Waals surface area contributed by atoms with E-state index in [1.807, 2.05) is 91.0 Å². The van der Waals surface area contributed by atoms with Crippen LogP contribution >= 0.6 is 18.5 Å². The Morgan fingerprint density at radius 3 is 1.19 bits per heavy atom. The summed E-state index contributed by atoms with van der Waals surface area (Å²) in [7, 11) is -0.918. The van der Waals surface area contributed by atoms with Gasteiger partial charge in [0.2, 0.25) is 0 Å². The molecule has 5 aromatic rings. The van der Waals surface area contributed by atoms with Gasteiger partial charge in [-0.15, -0.1) is 0 Å². The summed E-state index contributed by atoms with van der Waals surface area (Å²) in [5, 5.41) is 2.23. The fraction of sp³-hybridized carbons (Fsp3) is 0. The van der Waals surface area contributed by atoms with E-state index in [2.05, 4.69) is 24.3 Å². The minimum Gasteiger partial charge on any atom is -0.208 e. The van der Waals surface area contributed by atoms with Gasteiger partial charge in [-0.25, -0.2) is 15.0 Å². The predicted octanol–water partition coefficient (Wildman–Crippen LogP) is 6.46. The molecule has 0 spiro atoms. The third-order valence-electron chi connectivity index (χ3n) is 5.03. The molecule has 1 heterocycles. The molecule has 1 unspecified atom stereocenters. The molecule has 0 aliphatic rings. The first-order valence-electron chi connectivity index (χ1n) is 10.3. The average molecular weight is 452 g/mol. The van der Waals surface area contributed by atoms with E-state index in [-0.39, 0.29) is 0 Å². The molecular formula is C27H19ClN3P. The maximum atomic E-state index is 6.76.